The van der Waals surface area contributed by atoms with Crippen LogP contribution >= 0.6 is 11.3 Å². The zero-order valence-electron chi connectivity index (χ0n) is 12.0. The first-order valence-corrected chi connectivity index (χ1v) is 7.50. The third kappa shape index (κ3) is 5.16. The molecule has 0 unspecified atom stereocenters. The van der Waals surface area contributed by atoms with E-state index in [1.54, 1.807) is 18.3 Å². The van der Waals surface area contributed by atoms with Crippen LogP contribution in [0.1, 0.15) is 31.0 Å². The van der Waals surface area contributed by atoms with E-state index in [2.05, 4.69) is 15.6 Å². The highest BCUT2D eigenvalue weighted by molar-refractivity contribution is 7.09. The second kappa shape index (κ2) is 7.84. The van der Waals surface area contributed by atoms with Gasteiger partial charge in [-0.1, -0.05) is 20.3 Å². The van der Waals surface area contributed by atoms with Crippen LogP contribution in [0.15, 0.2) is 5.38 Å². The zero-order valence-corrected chi connectivity index (χ0v) is 12.8. The summed E-state index contributed by atoms with van der Waals surface area (Å²) < 4.78 is 0. The van der Waals surface area contributed by atoms with Gasteiger partial charge in [-0.05, 0) is 12.8 Å². The Morgan fingerprint density at radius 2 is 2.20 bits per heavy atom. The first-order chi connectivity index (χ1) is 9.43. The maximum absolute atomic E-state index is 11.7. The van der Waals surface area contributed by atoms with Gasteiger partial charge in [0.25, 0.3) is 0 Å². The van der Waals surface area contributed by atoms with Crippen molar-refractivity contribution >= 4 is 23.3 Å². The number of amides is 2. The van der Waals surface area contributed by atoms with Crippen molar-refractivity contribution in [2.75, 3.05) is 6.54 Å². The fraction of sp³-hybridized carbons (Fsp3) is 0.615. The summed E-state index contributed by atoms with van der Waals surface area (Å²) in [7, 11) is 0. The Labute approximate surface area is 122 Å². The average Bonchev–Trinajstić information content (AvgIpc) is 2.80. The van der Waals surface area contributed by atoms with Crippen molar-refractivity contribution in [2.45, 2.75) is 39.7 Å². The number of hydrogen-bond acceptors (Lipinski definition) is 4. The van der Waals surface area contributed by atoms with E-state index in [9.17, 15) is 9.59 Å². The molecule has 2 amide bonds. The fourth-order valence-electron chi connectivity index (χ4n) is 1.68. The molecule has 0 saturated heterocycles. The van der Waals surface area contributed by atoms with Gasteiger partial charge in [0.2, 0.25) is 0 Å². The summed E-state index contributed by atoms with van der Waals surface area (Å²) >= 11 is 1.55. The first kappa shape index (κ1) is 16.4. The number of carboxylic acids is 1. The summed E-state index contributed by atoms with van der Waals surface area (Å²) in [6.07, 6.45) is 1.34. The van der Waals surface area contributed by atoms with Crippen LogP contribution in [0.2, 0.25) is 0 Å². The minimum absolute atomic E-state index is 0.111. The Morgan fingerprint density at radius 1 is 1.50 bits per heavy atom. The van der Waals surface area contributed by atoms with Gasteiger partial charge in [0.15, 0.2) is 0 Å². The fourth-order valence-corrected chi connectivity index (χ4v) is 2.45. The van der Waals surface area contributed by atoms with Crippen LogP contribution in [0.5, 0.6) is 0 Å². The number of aromatic nitrogens is 1. The number of thiazole rings is 1. The molecule has 0 saturated carbocycles. The van der Waals surface area contributed by atoms with Gasteiger partial charge in [-0.25, -0.2) is 14.6 Å². The van der Waals surface area contributed by atoms with Gasteiger partial charge in [0, 0.05) is 24.0 Å². The number of aryl methyl sites for hydroxylation is 1. The van der Waals surface area contributed by atoms with Gasteiger partial charge in [0.05, 0.1) is 5.01 Å². The molecule has 0 aliphatic rings. The summed E-state index contributed by atoms with van der Waals surface area (Å²) in [5.74, 6) is -1.12. The van der Waals surface area contributed by atoms with E-state index in [0.29, 0.717) is 19.4 Å². The van der Waals surface area contributed by atoms with Crippen LogP contribution in [-0.4, -0.2) is 34.7 Å². The lowest BCUT2D eigenvalue weighted by Gasteiger charge is -2.20. The molecule has 7 heteroatoms. The molecule has 0 aromatic carbocycles. The molecule has 112 valence electrons. The van der Waals surface area contributed by atoms with Crippen molar-refractivity contribution in [2.24, 2.45) is 5.92 Å². The van der Waals surface area contributed by atoms with Crippen LogP contribution < -0.4 is 10.6 Å². The summed E-state index contributed by atoms with van der Waals surface area (Å²) in [4.78, 5) is 27.0. The number of aliphatic carboxylic acids is 1. The zero-order chi connectivity index (χ0) is 15.1. The minimum atomic E-state index is -1.01. The molecular formula is C13H21N3O3S. The van der Waals surface area contributed by atoms with E-state index in [1.165, 1.54) is 0 Å². The van der Waals surface area contributed by atoms with Crippen LogP contribution in [-0.2, 0) is 11.2 Å². The molecule has 1 aromatic rings. The third-order valence-corrected chi connectivity index (χ3v) is 4.08. The lowest BCUT2D eigenvalue weighted by atomic mass is 9.99. The SMILES string of the molecule is CC[C@H](C)[C@H](NC(=O)NCCc1nc(C)cs1)C(=O)O. The molecular weight excluding hydrogens is 278 g/mol. The largest absolute Gasteiger partial charge is 0.480 e. The Bertz CT molecular complexity index is 461. The van der Waals surface area contributed by atoms with Crippen molar-refractivity contribution in [1.29, 1.82) is 0 Å². The van der Waals surface area contributed by atoms with Gasteiger partial charge in [-0.2, -0.15) is 0 Å². The normalized spacial score (nSPS) is 13.6. The second-order valence-corrected chi connectivity index (χ2v) is 5.68. The predicted molar refractivity (Wildman–Crippen MR) is 78.0 cm³/mol. The molecule has 3 N–H and O–H groups in total. The summed E-state index contributed by atoms with van der Waals surface area (Å²) in [6, 6.07) is -1.31. The van der Waals surface area contributed by atoms with Gasteiger partial charge in [-0.3, -0.25) is 0 Å². The van der Waals surface area contributed by atoms with Crippen molar-refractivity contribution in [3.63, 3.8) is 0 Å². The Balaban J connectivity index is 2.36. The number of nitrogens with one attached hydrogen (secondary N) is 2. The number of carbonyl (C=O) groups excluding carboxylic acids is 1. The molecule has 20 heavy (non-hydrogen) atoms. The summed E-state index contributed by atoms with van der Waals surface area (Å²) in [6.45, 7) is 6.05. The number of hydrogen-bond donors (Lipinski definition) is 3. The number of carbonyl (C=O) groups is 2. The molecule has 0 aliphatic heterocycles. The molecule has 0 fully saturated rings. The highest BCUT2D eigenvalue weighted by Gasteiger charge is 2.24. The van der Waals surface area contributed by atoms with E-state index in [1.807, 2.05) is 19.2 Å². The van der Waals surface area contributed by atoms with Crippen LogP contribution in [0, 0.1) is 12.8 Å². The standard InChI is InChI=1S/C13H21N3O3S/c1-4-8(2)11(12(17)18)16-13(19)14-6-5-10-15-9(3)7-20-10/h7-8,11H,4-6H2,1-3H3,(H,17,18)(H2,14,16,19)/t8-,11-/m0/s1. The predicted octanol–water partition coefficient (Wildman–Crippen LogP) is 1.79. The van der Waals surface area contributed by atoms with E-state index in [-0.39, 0.29) is 5.92 Å². The minimum Gasteiger partial charge on any atom is -0.480 e. The monoisotopic (exact) mass is 299 g/mol. The lowest BCUT2D eigenvalue weighted by Crippen LogP contribution is -2.49. The van der Waals surface area contributed by atoms with Gasteiger partial charge >= 0.3 is 12.0 Å². The summed E-state index contributed by atoms with van der Waals surface area (Å²) in [5.41, 5.74) is 0.970. The molecule has 1 heterocycles. The number of rotatable bonds is 7. The quantitative estimate of drug-likeness (QED) is 0.716. The number of carboxylic acid groups (broad SMARTS) is 1. The van der Waals surface area contributed by atoms with Crippen molar-refractivity contribution in [3.05, 3.63) is 16.1 Å². The molecule has 0 aliphatic carbocycles. The number of nitrogens with zero attached hydrogens (tertiary/aromatic N) is 1. The molecule has 1 aromatic heterocycles. The summed E-state index contributed by atoms with van der Waals surface area (Å²) in [5, 5.41) is 17.1. The first-order valence-electron chi connectivity index (χ1n) is 6.62. The van der Waals surface area contributed by atoms with Crippen molar-refractivity contribution in [3.8, 4) is 0 Å². The van der Waals surface area contributed by atoms with E-state index in [0.717, 1.165) is 10.7 Å². The molecule has 6 nitrogen and oxygen atoms in total. The maximum Gasteiger partial charge on any atom is 0.326 e. The molecule has 2 atom stereocenters. The smallest absolute Gasteiger partial charge is 0.326 e. The Hall–Kier alpha value is -1.63. The van der Waals surface area contributed by atoms with Crippen LogP contribution in [0.25, 0.3) is 0 Å². The van der Waals surface area contributed by atoms with E-state index in [4.69, 9.17) is 5.11 Å². The second-order valence-electron chi connectivity index (χ2n) is 4.73. The van der Waals surface area contributed by atoms with Crippen molar-refractivity contribution < 1.29 is 14.7 Å². The van der Waals surface area contributed by atoms with E-state index >= 15 is 0 Å². The maximum atomic E-state index is 11.7. The molecule has 1 rings (SSSR count). The van der Waals surface area contributed by atoms with Gasteiger partial charge in [0.1, 0.15) is 6.04 Å². The number of urea groups is 1. The molecule has 0 radical (unpaired) electrons. The highest BCUT2D eigenvalue weighted by atomic mass is 32.1. The molecule has 0 spiro atoms. The Kier molecular flexibility index (Phi) is 6.44. The average molecular weight is 299 g/mol. The Morgan fingerprint density at radius 3 is 2.70 bits per heavy atom. The van der Waals surface area contributed by atoms with E-state index < -0.39 is 18.0 Å². The third-order valence-electron chi connectivity index (χ3n) is 3.06. The molecule has 0 bridgehead atoms. The highest BCUT2D eigenvalue weighted by Crippen LogP contribution is 2.09. The van der Waals surface area contributed by atoms with Crippen LogP contribution in [0.4, 0.5) is 4.79 Å². The van der Waals surface area contributed by atoms with Gasteiger partial charge in [-0.15, -0.1) is 11.3 Å². The lowest BCUT2D eigenvalue weighted by molar-refractivity contribution is -0.140. The van der Waals surface area contributed by atoms with Crippen LogP contribution in [0.3, 0.4) is 0 Å². The van der Waals surface area contributed by atoms with Crippen molar-refractivity contribution in [1.82, 2.24) is 15.6 Å². The topological polar surface area (TPSA) is 91.3 Å². The van der Waals surface area contributed by atoms with Gasteiger partial charge < -0.3 is 15.7 Å².